The summed E-state index contributed by atoms with van der Waals surface area (Å²) in [5, 5.41) is 17.7. The topological polar surface area (TPSA) is 96.3 Å². The van der Waals surface area contributed by atoms with E-state index >= 15 is 0 Å². The maximum absolute atomic E-state index is 11.5. The molecule has 1 aromatic rings. The van der Waals surface area contributed by atoms with Crippen LogP contribution in [0.25, 0.3) is 0 Å². The lowest BCUT2D eigenvalue weighted by molar-refractivity contribution is -0.139. The van der Waals surface area contributed by atoms with Crippen LogP contribution >= 0.6 is 0 Å². The number of carboxylic acid groups (broad SMARTS) is 1. The zero-order chi connectivity index (χ0) is 13.5. The smallest absolute Gasteiger partial charge is 0.326 e. The molecule has 98 valence electrons. The van der Waals surface area contributed by atoms with Crippen LogP contribution in [0, 0.1) is 0 Å². The molecule has 2 amide bonds. The SMILES string of the molecule is C=CCC(NC(=O)NCc1ccnn1C)C(=O)O. The maximum atomic E-state index is 11.5. The van der Waals surface area contributed by atoms with Gasteiger partial charge < -0.3 is 15.7 Å². The molecule has 0 fully saturated rings. The van der Waals surface area contributed by atoms with E-state index in [0.717, 1.165) is 5.69 Å². The van der Waals surface area contributed by atoms with E-state index < -0.39 is 18.0 Å². The molecule has 0 saturated heterocycles. The third-order valence-electron chi connectivity index (χ3n) is 2.36. The van der Waals surface area contributed by atoms with E-state index in [9.17, 15) is 9.59 Å². The van der Waals surface area contributed by atoms with Crippen molar-refractivity contribution in [3.8, 4) is 0 Å². The van der Waals surface area contributed by atoms with Crippen LogP contribution in [0.2, 0.25) is 0 Å². The molecule has 0 radical (unpaired) electrons. The summed E-state index contributed by atoms with van der Waals surface area (Å²) in [4.78, 5) is 22.3. The van der Waals surface area contributed by atoms with E-state index in [4.69, 9.17) is 5.11 Å². The summed E-state index contributed by atoms with van der Waals surface area (Å²) in [6.45, 7) is 3.72. The Hall–Kier alpha value is -2.31. The number of rotatable bonds is 6. The first-order valence-electron chi connectivity index (χ1n) is 5.39. The zero-order valence-electron chi connectivity index (χ0n) is 10.1. The van der Waals surface area contributed by atoms with Crippen molar-refractivity contribution < 1.29 is 14.7 Å². The Labute approximate surface area is 104 Å². The number of carboxylic acids is 1. The molecule has 1 rings (SSSR count). The van der Waals surface area contributed by atoms with Crippen molar-refractivity contribution in [1.82, 2.24) is 20.4 Å². The number of carbonyl (C=O) groups excluding carboxylic acids is 1. The van der Waals surface area contributed by atoms with Gasteiger partial charge in [0.25, 0.3) is 0 Å². The normalized spacial score (nSPS) is 11.6. The van der Waals surface area contributed by atoms with Crippen LogP contribution in [0.3, 0.4) is 0 Å². The summed E-state index contributed by atoms with van der Waals surface area (Å²) < 4.78 is 1.62. The molecule has 0 spiro atoms. The summed E-state index contributed by atoms with van der Waals surface area (Å²) >= 11 is 0. The predicted molar refractivity (Wildman–Crippen MR) is 64.8 cm³/mol. The van der Waals surface area contributed by atoms with Crippen molar-refractivity contribution in [2.75, 3.05) is 0 Å². The molecular formula is C11H16N4O3. The molecule has 1 unspecified atom stereocenters. The highest BCUT2D eigenvalue weighted by Crippen LogP contribution is 1.96. The Morgan fingerprint density at radius 3 is 2.89 bits per heavy atom. The summed E-state index contributed by atoms with van der Waals surface area (Å²) in [5.41, 5.74) is 0.820. The highest BCUT2D eigenvalue weighted by molar-refractivity contribution is 5.82. The number of aliphatic carboxylic acids is 1. The van der Waals surface area contributed by atoms with E-state index in [1.807, 2.05) is 0 Å². The van der Waals surface area contributed by atoms with Crippen molar-refractivity contribution in [2.45, 2.75) is 19.0 Å². The average molecular weight is 252 g/mol. The molecule has 1 heterocycles. The second-order valence-electron chi connectivity index (χ2n) is 3.69. The van der Waals surface area contributed by atoms with Crippen molar-refractivity contribution in [1.29, 1.82) is 0 Å². The predicted octanol–water partition coefficient (Wildman–Crippen LogP) is 0.249. The summed E-state index contributed by atoms with van der Waals surface area (Å²) in [6.07, 6.45) is 3.24. The average Bonchev–Trinajstić information content (AvgIpc) is 2.71. The fourth-order valence-electron chi connectivity index (χ4n) is 1.34. The van der Waals surface area contributed by atoms with Gasteiger partial charge in [-0.1, -0.05) is 6.08 Å². The van der Waals surface area contributed by atoms with Gasteiger partial charge in [-0.2, -0.15) is 5.10 Å². The fraction of sp³-hybridized carbons (Fsp3) is 0.364. The molecule has 0 bridgehead atoms. The minimum absolute atomic E-state index is 0.175. The Morgan fingerprint density at radius 2 is 2.39 bits per heavy atom. The van der Waals surface area contributed by atoms with Crippen molar-refractivity contribution in [3.63, 3.8) is 0 Å². The number of aryl methyl sites for hydroxylation is 1. The first-order chi connectivity index (χ1) is 8.54. The molecule has 0 aromatic carbocycles. The number of nitrogens with one attached hydrogen (secondary N) is 2. The van der Waals surface area contributed by atoms with E-state index in [1.165, 1.54) is 6.08 Å². The van der Waals surface area contributed by atoms with Gasteiger partial charge in [-0.15, -0.1) is 6.58 Å². The lowest BCUT2D eigenvalue weighted by Gasteiger charge is -2.13. The molecule has 18 heavy (non-hydrogen) atoms. The van der Waals surface area contributed by atoms with Crippen molar-refractivity contribution >= 4 is 12.0 Å². The number of aromatic nitrogens is 2. The van der Waals surface area contributed by atoms with Gasteiger partial charge in [-0.25, -0.2) is 9.59 Å². The van der Waals surface area contributed by atoms with Crippen LogP contribution in [0.15, 0.2) is 24.9 Å². The van der Waals surface area contributed by atoms with Crippen LogP contribution in [-0.2, 0) is 18.4 Å². The maximum Gasteiger partial charge on any atom is 0.326 e. The van der Waals surface area contributed by atoms with Gasteiger partial charge in [-0.3, -0.25) is 4.68 Å². The summed E-state index contributed by atoms with van der Waals surface area (Å²) in [7, 11) is 1.76. The first-order valence-corrected chi connectivity index (χ1v) is 5.39. The third kappa shape index (κ3) is 3.93. The quantitative estimate of drug-likeness (QED) is 0.632. The zero-order valence-corrected chi connectivity index (χ0v) is 10.1. The molecule has 0 saturated carbocycles. The number of carbonyl (C=O) groups is 2. The second kappa shape index (κ2) is 6.43. The minimum Gasteiger partial charge on any atom is -0.480 e. The van der Waals surface area contributed by atoms with Gasteiger partial charge in [0.05, 0.1) is 12.2 Å². The van der Waals surface area contributed by atoms with Gasteiger partial charge in [-0.05, 0) is 12.5 Å². The number of hydrogen-bond acceptors (Lipinski definition) is 3. The summed E-state index contributed by atoms with van der Waals surface area (Å²) in [6, 6.07) is 0.262. The van der Waals surface area contributed by atoms with Crippen molar-refractivity contribution in [3.05, 3.63) is 30.6 Å². The van der Waals surface area contributed by atoms with Gasteiger partial charge in [0.1, 0.15) is 6.04 Å². The van der Waals surface area contributed by atoms with E-state index in [2.05, 4.69) is 22.3 Å². The second-order valence-corrected chi connectivity index (χ2v) is 3.69. The highest BCUT2D eigenvalue weighted by Gasteiger charge is 2.17. The molecule has 7 nitrogen and oxygen atoms in total. The van der Waals surface area contributed by atoms with E-state index in [-0.39, 0.29) is 13.0 Å². The van der Waals surface area contributed by atoms with Crippen LogP contribution in [0.5, 0.6) is 0 Å². The monoisotopic (exact) mass is 252 g/mol. The van der Waals surface area contributed by atoms with Crippen LogP contribution < -0.4 is 10.6 Å². The summed E-state index contributed by atoms with van der Waals surface area (Å²) in [5.74, 6) is -1.09. The molecule has 0 aliphatic heterocycles. The Bertz CT molecular complexity index is 441. The molecule has 3 N–H and O–H groups in total. The first kappa shape index (κ1) is 13.8. The molecule has 7 heteroatoms. The van der Waals surface area contributed by atoms with Gasteiger partial charge >= 0.3 is 12.0 Å². The van der Waals surface area contributed by atoms with Crippen LogP contribution in [0.1, 0.15) is 12.1 Å². The lowest BCUT2D eigenvalue weighted by atomic mass is 10.2. The standard InChI is InChI=1S/C11H16N4O3/c1-3-4-9(10(16)17)14-11(18)12-7-8-5-6-13-15(8)2/h3,5-6,9H,1,4,7H2,2H3,(H,16,17)(H2,12,14,18). The number of amides is 2. The van der Waals surface area contributed by atoms with Crippen LogP contribution in [0.4, 0.5) is 4.79 Å². The van der Waals surface area contributed by atoms with E-state index in [0.29, 0.717) is 0 Å². The van der Waals surface area contributed by atoms with Crippen LogP contribution in [-0.4, -0.2) is 32.9 Å². The molecular weight excluding hydrogens is 236 g/mol. The molecule has 0 aliphatic carbocycles. The largest absolute Gasteiger partial charge is 0.480 e. The van der Waals surface area contributed by atoms with Gasteiger partial charge in [0.15, 0.2) is 0 Å². The molecule has 1 aromatic heterocycles. The Balaban J connectivity index is 2.43. The van der Waals surface area contributed by atoms with Crippen molar-refractivity contribution in [2.24, 2.45) is 7.05 Å². The fourth-order valence-corrected chi connectivity index (χ4v) is 1.34. The van der Waals surface area contributed by atoms with Gasteiger partial charge in [0.2, 0.25) is 0 Å². The van der Waals surface area contributed by atoms with Gasteiger partial charge in [0, 0.05) is 13.2 Å². The number of urea groups is 1. The minimum atomic E-state index is -1.09. The number of nitrogens with zero attached hydrogens (tertiary/aromatic N) is 2. The number of hydrogen-bond donors (Lipinski definition) is 3. The molecule has 1 atom stereocenters. The lowest BCUT2D eigenvalue weighted by Crippen LogP contribution is -2.45. The third-order valence-corrected chi connectivity index (χ3v) is 2.36. The molecule has 0 aliphatic rings. The Morgan fingerprint density at radius 1 is 1.67 bits per heavy atom. The van der Waals surface area contributed by atoms with E-state index in [1.54, 1.807) is 24.0 Å². The Kier molecular flexibility index (Phi) is 4.91. The highest BCUT2D eigenvalue weighted by atomic mass is 16.4.